The molecule has 1 amide bonds. The normalized spacial score (nSPS) is 16.5. The zero-order valence-corrected chi connectivity index (χ0v) is 11.2. The maximum absolute atomic E-state index is 11.7. The standard InChI is InChI=1S/C12H20N2O2S/c1-14(7-2-6-13)12(15)5-10-17-11-3-8-16-9-4-11/h11H,2-5,7-10H2,1H3. The molecule has 1 saturated heterocycles. The summed E-state index contributed by atoms with van der Waals surface area (Å²) < 4.78 is 5.29. The molecule has 17 heavy (non-hydrogen) atoms. The van der Waals surface area contributed by atoms with Gasteiger partial charge in [0.1, 0.15) is 0 Å². The van der Waals surface area contributed by atoms with Crippen LogP contribution in [0.15, 0.2) is 0 Å². The molecule has 1 aliphatic rings. The van der Waals surface area contributed by atoms with E-state index in [4.69, 9.17) is 10.00 Å². The largest absolute Gasteiger partial charge is 0.381 e. The lowest BCUT2D eigenvalue weighted by atomic mass is 10.2. The second-order valence-corrected chi connectivity index (χ2v) is 5.56. The first kappa shape index (κ1) is 14.3. The van der Waals surface area contributed by atoms with Crippen LogP contribution in [-0.2, 0) is 9.53 Å². The molecule has 0 aromatic heterocycles. The van der Waals surface area contributed by atoms with Crippen molar-refractivity contribution < 1.29 is 9.53 Å². The summed E-state index contributed by atoms with van der Waals surface area (Å²) in [6.45, 7) is 2.25. The first-order valence-electron chi connectivity index (χ1n) is 6.04. The van der Waals surface area contributed by atoms with Gasteiger partial charge < -0.3 is 9.64 Å². The van der Waals surface area contributed by atoms with Crippen molar-refractivity contribution >= 4 is 17.7 Å². The Kier molecular flexibility index (Phi) is 7.06. The van der Waals surface area contributed by atoms with Crippen molar-refractivity contribution in [1.82, 2.24) is 4.90 Å². The van der Waals surface area contributed by atoms with E-state index in [1.165, 1.54) is 0 Å². The minimum absolute atomic E-state index is 0.139. The van der Waals surface area contributed by atoms with E-state index in [9.17, 15) is 4.79 Å². The highest BCUT2D eigenvalue weighted by Crippen LogP contribution is 2.22. The summed E-state index contributed by atoms with van der Waals surface area (Å²) in [5.41, 5.74) is 0. The second-order valence-electron chi connectivity index (χ2n) is 4.16. The minimum Gasteiger partial charge on any atom is -0.381 e. The van der Waals surface area contributed by atoms with Gasteiger partial charge in [0.25, 0.3) is 0 Å². The Morgan fingerprint density at radius 1 is 1.53 bits per heavy atom. The number of hydrogen-bond donors (Lipinski definition) is 0. The van der Waals surface area contributed by atoms with E-state index in [1.807, 2.05) is 17.8 Å². The summed E-state index contributed by atoms with van der Waals surface area (Å²) >= 11 is 1.87. The lowest BCUT2D eigenvalue weighted by Gasteiger charge is -2.22. The fourth-order valence-corrected chi connectivity index (χ4v) is 2.84. The van der Waals surface area contributed by atoms with Crippen LogP contribution in [0.5, 0.6) is 0 Å². The molecule has 5 heteroatoms. The van der Waals surface area contributed by atoms with Crippen molar-refractivity contribution in [3.8, 4) is 6.07 Å². The van der Waals surface area contributed by atoms with Crippen LogP contribution in [0.3, 0.4) is 0 Å². The molecule has 0 atom stereocenters. The van der Waals surface area contributed by atoms with Gasteiger partial charge >= 0.3 is 0 Å². The number of ether oxygens (including phenoxy) is 1. The lowest BCUT2D eigenvalue weighted by molar-refractivity contribution is -0.129. The van der Waals surface area contributed by atoms with Gasteiger partial charge in [-0.25, -0.2) is 0 Å². The van der Waals surface area contributed by atoms with E-state index in [0.29, 0.717) is 24.6 Å². The molecule has 0 aliphatic carbocycles. The van der Waals surface area contributed by atoms with Crippen LogP contribution in [-0.4, -0.2) is 48.6 Å². The van der Waals surface area contributed by atoms with E-state index in [0.717, 1.165) is 31.8 Å². The third kappa shape index (κ3) is 5.94. The molecule has 1 fully saturated rings. The number of carbonyl (C=O) groups is 1. The zero-order valence-electron chi connectivity index (χ0n) is 10.4. The summed E-state index contributed by atoms with van der Waals surface area (Å²) in [7, 11) is 1.76. The van der Waals surface area contributed by atoms with Gasteiger partial charge in [0.15, 0.2) is 0 Å². The van der Waals surface area contributed by atoms with Gasteiger partial charge in [0.2, 0.25) is 5.91 Å². The highest BCUT2D eigenvalue weighted by molar-refractivity contribution is 7.99. The van der Waals surface area contributed by atoms with Crippen LogP contribution < -0.4 is 0 Å². The SMILES string of the molecule is CN(CCC#N)C(=O)CCSC1CCOCC1. The Hall–Kier alpha value is -0.730. The van der Waals surface area contributed by atoms with Crippen molar-refractivity contribution in [2.24, 2.45) is 0 Å². The zero-order chi connectivity index (χ0) is 12.5. The monoisotopic (exact) mass is 256 g/mol. The molecule has 0 bridgehead atoms. The van der Waals surface area contributed by atoms with E-state index in [1.54, 1.807) is 11.9 Å². The Balaban J connectivity index is 2.08. The summed E-state index contributed by atoms with van der Waals surface area (Å²) in [5, 5.41) is 9.09. The maximum Gasteiger partial charge on any atom is 0.223 e. The second kappa shape index (κ2) is 8.37. The van der Waals surface area contributed by atoms with Crippen LogP contribution in [0.2, 0.25) is 0 Å². The highest BCUT2D eigenvalue weighted by Gasteiger charge is 2.15. The van der Waals surface area contributed by atoms with Crippen LogP contribution in [0.1, 0.15) is 25.7 Å². The average Bonchev–Trinajstić information content (AvgIpc) is 2.37. The number of rotatable bonds is 6. The van der Waals surface area contributed by atoms with Gasteiger partial charge in [-0.15, -0.1) is 0 Å². The number of carbonyl (C=O) groups excluding carboxylic acids is 1. The Morgan fingerprint density at radius 2 is 2.24 bits per heavy atom. The molecule has 1 heterocycles. The van der Waals surface area contributed by atoms with Crippen molar-refractivity contribution in [2.45, 2.75) is 30.9 Å². The summed E-state index contributed by atoms with van der Waals surface area (Å²) in [4.78, 5) is 13.3. The van der Waals surface area contributed by atoms with Crippen LogP contribution in [0.25, 0.3) is 0 Å². The first-order valence-corrected chi connectivity index (χ1v) is 7.09. The molecule has 0 aromatic carbocycles. The molecule has 0 radical (unpaired) electrons. The van der Waals surface area contributed by atoms with Crippen molar-refractivity contribution in [3.63, 3.8) is 0 Å². The van der Waals surface area contributed by atoms with E-state index >= 15 is 0 Å². The Bertz CT molecular complexity index is 272. The van der Waals surface area contributed by atoms with Gasteiger partial charge in [-0.1, -0.05) is 0 Å². The molecule has 0 saturated carbocycles. The predicted octanol–water partition coefficient (Wildman–Crippen LogP) is 1.66. The molecule has 96 valence electrons. The summed E-state index contributed by atoms with van der Waals surface area (Å²) in [5.74, 6) is 1.01. The lowest BCUT2D eigenvalue weighted by Crippen LogP contribution is -2.28. The van der Waals surface area contributed by atoms with Crippen LogP contribution in [0.4, 0.5) is 0 Å². The molecule has 0 unspecified atom stereocenters. The summed E-state index contributed by atoms with van der Waals surface area (Å²) in [6.07, 6.45) is 3.19. The van der Waals surface area contributed by atoms with Crippen molar-refractivity contribution in [1.29, 1.82) is 5.26 Å². The molecule has 1 aliphatic heterocycles. The average molecular weight is 256 g/mol. The van der Waals surface area contributed by atoms with E-state index in [-0.39, 0.29) is 5.91 Å². The Labute approximate surface area is 107 Å². The van der Waals surface area contributed by atoms with Gasteiger partial charge in [0, 0.05) is 44.2 Å². The smallest absolute Gasteiger partial charge is 0.223 e. The van der Waals surface area contributed by atoms with E-state index in [2.05, 4.69) is 0 Å². The van der Waals surface area contributed by atoms with Crippen molar-refractivity contribution in [3.05, 3.63) is 0 Å². The van der Waals surface area contributed by atoms with Gasteiger partial charge in [0.05, 0.1) is 12.5 Å². The highest BCUT2D eigenvalue weighted by atomic mass is 32.2. The van der Waals surface area contributed by atoms with E-state index < -0.39 is 0 Å². The first-order chi connectivity index (χ1) is 8.24. The van der Waals surface area contributed by atoms with Gasteiger partial charge in [-0.2, -0.15) is 17.0 Å². The fourth-order valence-electron chi connectivity index (χ4n) is 1.69. The fraction of sp³-hybridized carbons (Fsp3) is 0.833. The van der Waals surface area contributed by atoms with Gasteiger partial charge in [-0.05, 0) is 12.8 Å². The third-order valence-electron chi connectivity index (χ3n) is 2.82. The molecule has 0 spiro atoms. The minimum atomic E-state index is 0.139. The number of nitriles is 1. The molecular formula is C12H20N2O2S. The predicted molar refractivity (Wildman–Crippen MR) is 68.8 cm³/mol. The van der Waals surface area contributed by atoms with Gasteiger partial charge in [-0.3, -0.25) is 4.79 Å². The van der Waals surface area contributed by atoms with Crippen LogP contribution >= 0.6 is 11.8 Å². The van der Waals surface area contributed by atoms with Crippen molar-refractivity contribution in [2.75, 3.05) is 32.6 Å². The number of thioether (sulfide) groups is 1. The van der Waals surface area contributed by atoms with Crippen LogP contribution in [0, 0.1) is 11.3 Å². The molecule has 0 aromatic rings. The Morgan fingerprint density at radius 3 is 2.88 bits per heavy atom. The molecule has 1 rings (SSSR count). The molecular weight excluding hydrogens is 236 g/mol. The topological polar surface area (TPSA) is 53.3 Å². The number of nitrogens with zero attached hydrogens (tertiary/aromatic N) is 2. The maximum atomic E-state index is 11.7. The third-order valence-corrected chi connectivity index (χ3v) is 4.21. The number of hydrogen-bond acceptors (Lipinski definition) is 4. The number of amides is 1. The quantitative estimate of drug-likeness (QED) is 0.725. The summed E-state index contributed by atoms with van der Waals surface area (Å²) in [6, 6.07) is 2.05. The molecule has 0 N–H and O–H groups in total. The molecule has 4 nitrogen and oxygen atoms in total.